The van der Waals surface area contributed by atoms with Crippen molar-refractivity contribution in [1.82, 2.24) is 10.2 Å². The van der Waals surface area contributed by atoms with Gasteiger partial charge in [0.2, 0.25) is 0 Å². The molecule has 1 aromatic rings. The minimum absolute atomic E-state index is 0.0638. The van der Waals surface area contributed by atoms with Crippen LogP contribution in [0.5, 0.6) is 0 Å². The largest absolute Gasteiger partial charge is 0.387 e. The Balaban J connectivity index is 1.46. The van der Waals surface area contributed by atoms with Crippen LogP contribution in [-0.4, -0.2) is 71.4 Å². The second kappa shape index (κ2) is 9.34. The van der Waals surface area contributed by atoms with Crippen LogP contribution in [0.3, 0.4) is 0 Å². The SMILES string of the molecule is CCCC1(CC)CN([C@@H]2O[C@H]([C@@H]3OCCc4cc(Cl)c(C)cc43)[C@@H](O)[C@H]2O)C2=NCNC(C)C21. The van der Waals surface area contributed by atoms with E-state index in [9.17, 15) is 10.2 Å². The summed E-state index contributed by atoms with van der Waals surface area (Å²) in [7, 11) is 0. The summed E-state index contributed by atoms with van der Waals surface area (Å²) in [5.41, 5.74) is 3.14. The highest BCUT2D eigenvalue weighted by Gasteiger charge is 2.58. The average Bonchev–Trinajstić information content (AvgIpc) is 3.30. The van der Waals surface area contributed by atoms with Gasteiger partial charge < -0.3 is 24.6 Å². The van der Waals surface area contributed by atoms with Crippen LogP contribution in [0.4, 0.5) is 0 Å². The number of amidine groups is 1. The normalized spacial score (nSPS) is 39.7. The topological polar surface area (TPSA) is 86.6 Å². The van der Waals surface area contributed by atoms with Crippen LogP contribution in [0.1, 0.15) is 62.8 Å². The van der Waals surface area contributed by atoms with E-state index in [0.29, 0.717) is 19.3 Å². The number of nitrogens with zero attached hydrogens (tertiary/aromatic N) is 2. The number of aliphatic hydroxyl groups excluding tert-OH is 2. The number of aliphatic hydroxyl groups is 2. The maximum atomic E-state index is 11.2. The van der Waals surface area contributed by atoms with Crippen LogP contribution in [0.15, 0.2) is 17.1 Å². The molecule has 8 atom stereocenters. The Kier molecular flexibility index (Phi) is 6.72. The van der Waals surface area contributed by atoms with Crippen LogP contribution < -0.4 is 5.32 Å². The molecule has 7 nitrogen and oxygen atoms in total. The molecule has 188 valence electrons. The fraction of sp³-hybridized carbons (Fsp3) is 0.731. The number of fused-ring (bicyclic) bond motifs is 2. The van der Waals surface area contributed by atoms with Crippen molar-refractivity contribution in [3.8, 4) is 0 Å². The summed E-state index contributed by atoms with van der Waals surface area (Å²) in [4.78, 5) is 7.01. The number of nitrogens with one attached hydrogen (secondary N) is 1. The van der Waals surface area contributed by atoms with Crippen molar-refractivity contribution < 1.29 is 19.7 Å². The van der Waals surface area contributed by atoms with Crippen molar-refractivity contribution in [2.24, 2.45) is 16.3 Å². The molecule has 0 saturated carbocycles. The third kappa shape index (κ3) is 3.80. The Bertz CT molecular complexity index is 958. The molecule has 8 heteroatoms. The van der Waals surface area contributed by atoms with Crippen molar-refractivity contribution in [3.05, 3.63) is 33.8 Å². The molecule has 4 aliphatic rings. The van der Waals surface area contributed by atoms with Crippen molar-refractivity contribution in [3.63, 3.8) is 0 Å². The molecule has 0 spiro atoms. The van der Waals surface area contributed by atoms with Gasteiger partial charge in [0, 0.05) is 23.5 Å². The lowest BCUT2D eigenvalue weighted by atomic mass is 9.69. The van der Waals surface area contributed by atoms with Gasteiger partial charge in [-0.3, -0.25) is 10.3 Å². The highest BCUT2D eigenvalue weighted by atomic mass is 35.5. The van der Waals surface area contributed by atoms with E-state index in [1.807, 2.05) is 19.1 Å². The summed E-state index contributed by atoms with van der Waals surface area (Å²) >= 11 is 6.37. The number of halogens is 1. The van der Waals surface area contributed by atoms with E-state index in [2.05, 4.69) is 31.0 Å². The molecule has 4 aliphatic heterocycles. The van der Waals surface area contributed by atoms with E-state index in [-0.39, 0.29) is 11.3 Å². The summed E-state index contributed by atoms with van der Waals surface area (Å²) in [5.74, 6) is 1.26. The number of rotatable bonds is 5. The molecule has 2 saturated heterocycles. The van der Waals surface area contributed by atoms with Gasteiger partial charge >= 0.3 is 0 Å². The fourth-order valence-electron chi connectivity index (χ4n) is 6.84. The second-order valence-electron chi connectivity index (χ2n) is 10.6. The van der Waals surface area contributed by atoms with Crippen molar-refractivity contribution in [2.75, 3.05) is 19.8 Å². The summed E-state index contributed by atoms with van der Waals surface area (Å²) in [6.07, 6.45) is 0.101. The highest BCUT2D eigenvalue weighted by molar-refractivity contribution is 6.31. The standard InChI is InChI=1S/C26H38ClN3O4/c1-5-8-26(6-2)12-30(24-19(26)15(4)28-13-29-24)25-21(32)20(31)23(34-25)22-17-10-14(3)18(27)11-16(17)7-9-33-22/h10-11,15,19-23,25,28,31-32H,5-9,12-13H2,1-4H3/t15?,19?,20-,21+,22+,23-,25+,26?/m0/s1. The molecule has 0 aliphatic carbocycles. The smallest absolute Gasteiger partial charge is 0.160 e. The van der Waals surface area contributed by atoms with E-state index in [0.717, 1.165) is 59.8 Å². The number of aliphatic imine (C=N–C) groups is 1. The maximum absolute atomic E-state index is 11.2. The Morgan fingerprint density at radius 3 is 2.79 bits per heavy atom. The summed E-state index contributed by atoms with van der Waals surface area (Å²) in [6, 6.07) is 4.32. The quantitative estimate of drug-likeness (QED) is 0.586. The van der Waals surface area contributed by atoms with Crippen LogP contribution in [0.2, 0.25) is 5.02 Å². The molecular formula is C26H38ClN3O4. The predicted molar refractivity (Wildman–Crippen MR) is 132 cm³/mol. The predicted octanol–water partition coefficient (Wildman–Crippen LogP) is 3.18. The second-order valence-corrected chi connectivity index (χ2v) is 11.0. The van der Waals surface area contributed by atoms with Gasteiger partial charge in [-0.1, -0.05) is 37.9 Å². The van der Waals surface area contributed by atoms with Gasteiger partial charge in [0.1, 0.15) is 30.3 Å². The summed E-state index contributed by atoms with van der Waals surface area (Å²) < 4.78 is 12.6. The average molecular weight is 492 g/mol. The third-order valence-electron chi connectivity index (χ3n) is 8.60. The van der Waals surface area contributed by atoms with Crippen molar-refractivity contribution in [1.29, 1.82) is 0 Å². The first-order valence-corrected chi connectivity index (χ1v) is 13.2. The molecule has 0 amide bonds. The van der Waals surface area contributed by atoms with Gasteiger partial charge in [-0.05, 0) is 61.3 Å². The lowest BCUT2D eigenvalue weighted by Crippen LogP contribution is -2.50. The van der Waals surface area contributed by atoms with Gasteiger partial charge in [-0.25, -0.2) is 0 Å². The number of ether oxygens (including phenoxy) is 2. The summed E-state index contributed by atoms with van der Waals surface area (Å²) in [6.45, 7) is 10.5. The molecule has 0 radical (unpaired) electrons. The number of hydrogen-bond acceptors (Lipinski definition) is 7. The number of benzene rings is 1. The zero-order valence-corrected chi connectivity index (χ0v) is 21.4. The third-order valence-corrected chi connectivity index (χ3v) is 9.01. The molecule has 3 N–H and O–H groups in total. The first-order valence-electron chi connectivity index (χ1n) is 12.8. The lowest BCUT2D eigenvalue weighted by Gasteiger charge is -2.38. The van der Waals surface area contributed by atoms with Gasteiger partial charge in [-0.2, -0.15) is 0 Å². The van der Waals surface area contributed by atoms with E-state index in [4.69, 9.17) is 26.1 Å². The molecule has 0 aromatic heterocycles. The Morgan fingerprint density at radius 1 is 1.26 bits per heavy atom. The number of hydrogen-bond donors (Lipinski definition) is 3. The number of aryl methyl sites for hydroxylation is 1. The van der Waals surface area contributed by atoms with Gasteiger partial charge in [0.25, 0.3) is 0 Å². The van der Waals surface area contributed by atoms with Gasteiger partial charge in [0.15, 0.2) is 6.23 Å². The molecule has 0 bridgehead atoms. The summed E-state index contributed by atoms with van der Waals surface area (Å²) in [5, 5.41) is 26.6. The highest BCUT2D eigenvalue weighted by Crippen LogP contribution is 2.49. The van der Waals surface area contributed by atoms with Crippen LogP contribution in [0.25, 0.3) is 0 Å². The Hall–Kier alpha value is -1.22. The molecule has 3 unspecified atom stereocenters. The fourth-order valence-corrected chi connectivity index (χ4v) is 7.03. The zero-order valence-electron chi connectivity index (χ0n) is 20.6. The van der Waals surface area contributed by atoms with Gasteiger partial charge in [0.05, 0.1) is 13.3 Å². The minimum Gasteiger partial charge on any atom is -0.387 e. The Labute approximate surface area is 207 Å². The van der Waals surface area contributed by atoms with Crippen molar-refractivity contribution in [2.45, 2.75) is 90.1 Å². The number of likely N-dealkylation sites (tertiary alicyclic amines) is 1. The Morgan fingerprint density at radius 2 is 2.06 bits per heavy atom. The van der Waals surface area contributed by atoms with E-state index in [1.54, 1.807) is 0 Å². The first-order chi connectivity index (χ1) is 16.3. The monoisotopic (exact) mass is 491 g/mol. The van der Waals surface area contributed by atoms with E-state index in [1.165, 1.54) is 0 Å². The van der Waals surface area contributed by atoms with E-state index >= 15 is 0 Å². The van der Waals surface area contributed by atoms with Crippen LogP contribution >= 0.6 is 11.6 Å². The molecule has 4 heterocycles. The molecule has 5 rings (SSSR count). The van der Waals surface area contributed by atoms with Crippen molar-refractivity contribution >= 4 is 17.4 Å². The molecular weight excluding hydrogens is 454 g/mol. The lowest BCUT2D eigenvalue weighted by molar-refractivity contribution is -0.122. The van der Waals surface area contributed by atoms with Crippen LogP contribution in [-0.2, 0) is 15.9 Å². The minimum atomic E-state index is -1.06. The molecule has 2 fully saturated rings. The van der Waals surface area contributed by atoms with Gasteiger partial charge in [-0.15, -0.1) is 0 Å². The maximum Gasteiger partial charge on any atom is 0.160 e. The molecule has 1 aromatic carbocycles. The molecule has 34 heavy (non-hydrogen) atoms. The van der Waals surface area contributed by atoms with Crippen LogP contribution in [0, 0.1) is 18.3 Å². The first kappa shape index (κ1) is 24.5. The van der Waals surface area contributed by atoms with E-state index < -0.39 is 30.6 Å². The zero-order chi connectivity index (χ0) is 24.2.